The molecule has 1 fully saturated rings. The molecule has 0 spiro atoms. The number of rotatable bonds is 6. The lowest BCUT2D eigenvalue weighted by molar-refractivity contribution is -0.105. The Labute approximate surface area is 169 Å². The van der Waals surface area contributed by atoms with Crippen LogP contribution in [0, 0.1) is 5.82 Å². The molecule has 12 heteroatoms. The minimum absolute atomic E-state index is 0.149. The highest BCUT2D eigenvalue weighted by atomic mass is 19.1. The number of aromatic nitrogens is 2. The van der Waals surface area contributed by atoms with E-state index in [0.29, 0.717) is 28.4 Å². The Morgan fingerprint density at radius 2 is 2.03 bits per heavy atom. The molecule has 4 atom stereocenters. The summed E-state index contributed by atoms with van der Waals surface area (Å²) in [5.41, 5.74) is 0.157. The number of aliphatic hydroxyl groups is 2. The highest BCUT2D eigenvalue weighted by molar-refractivity contribution is 5.83. The van der Waals surface area contributed by atoms with Crippen LogP contribution in [0.4, 0.5) is 20.7 Å². The average molecular weight is 422 g/mol. The Balaban J connectivity index is 1.64. The smallest absolute Gasteiger partial charge is 0.413 e. The number of carbonyl (C=O) groups is 2. The summed E-state index contributed by atoms with van der Waals surface area (Å²) in [6.45, 7) is 1.34. The highest BCUT2D eigenvalue weighted by Crippen LogP contribution is 2.28. The normalized spacial score (nSPS) is 23.1. The third kappa shape index (κ3) is 4.62. The number of benzene rings is 1. The molecule has 0 saturated carbocycles. The fraction of sp³-hybridized carbons (Fsp3) is 0.333. The maximum Gasteiger partial charge on any atom is 0.413 e. The second kappa shape index (κ2) is 8.98. The van der Waals surface area contributed by atoms with E-state index in [1.54, 1.807) is 24.3 Å². The van der Waals surface area contributed by atoms with Gasteiger partial charge in [-0.25, -0.2) is 14.0 Å². The molecule has 1 aliphatic rings. The monoisotopic (exact) mass is 422 g/mol. The van der Waals surface area contributed by atoms with Gasteiger partial charge in [0.1, 0.15) is 18.8 Å². The predicted octanol–water partition coefficient (Wildman–Crippen LogP) is 0.338. The lowest BCUT2D eigenvalue weighted by Crippen LogP contribution is -2.36. The highest BCUT2D eigenvalue weighted by Gasteiger charge is 2.42. The quantitative estimate of drug-likeness (QED) is 0.486. The number of amides is 2. The van der Waals surface area contributed by atoms with Crippen LogP contribution in [0.15, 0.2) is 35.3 Å². The van der Waals surface area contributed by atoms with Gasteiger partial charge in [0.25, 0.3) is 0 Å². The van der Waals surface area contributed by atoms with Crippen molar-refractivity contribution in [2.24, 2.45) is 0 Å². The molecule has 2 aromatic rings. The number of hydrogen-bond acceptors (Lipinski definition) is 8. The molecule has 4 unspecified atom stereocenters. The van der Waals surface area contributed by atoms with Crippen molar-refractivity contribution in [1.29, 1.82) is 0 Å². The van der Waals surface area contributed by atoms with E-state index in [4.69, 9.17) is 9.47 Å². The molecule has 1 aromatic heterocycles. The second-order valence-corrected chi connectivity index (χ2v) is 6.50. The van der Waals surface area contributed by atoms with E-state index in [9.17, 15) is 29.0 Å². The first-order valence-electron chi connectivity index (χ1n) is 8.83. The molecule has 1 saturated heterocycles. The first kappa shape index (κ1) is 21.4. The van der Waals surface area contributed by atoms with Crippen molar-refractivity contribution in [2.75, 3.05) is 10.6 Å². The van der Waals surface area contributed by atoms with Gasteiger partial charge in [-0.3, -0.25) is 14.7 Å². The Kier molecular flexibility index (Phi) is 6.40. The predicted molar refractivity (Wildman–Crippen MR) is 100.0 cm³/mol. The van der Waals surface area contributed by atoms with Crippen molar-refractivity contribution in [3.05, 3.63) is 52.3 Å². The van der Waals surface area contributed by atoms with Crippen LogP contribution in [-0.2, 0) is 20.9 Å². The minimum Gasteiger partial charge on any atom is -0.444 e. The topological polar surface area (TPSA) is 152 Å². The molecule has 0 bridgehead atoms. The number of nitrogens with one attached hydrogen (secondary N) is 2. The molecule has 4 N–H and O–H groups in total. The molecule has 11 nitrogen and oxygen atoms in total. The first-order valence-corrected chi connectivity index (χ1v) is 8.83. The third-order valence-electron chi connectivity index (χ3n) is 4.43. The van der Waals surface area contributed by atoms with E-state index in [-0.39, 0.29) is 6.61 Å². The maximum atomic E-state index is 14.3. The summed E-state index contributed by atoms with van der Waals surface area (Å²) in [5, 5.41) is 24.2. The number of ether oxygens (including phenoxy) is 2. The Morgan fingerprint density at radius 1 is 1.33 bits per heavy atom. The largest absolute Gasteiger partial charge is 0.444 e. The summed E-state index contributed by atoms with van der Waals surface area (Å²) in [7, 11) is 0. The Bertz CT molecular complexity index is 981. The van der Waals surface area contributed by atoms with Crippen LogP contribution >= 0.6 is 0 Å². The fourth-order valence-electron chi connectivity index (χ4n) is 2.82. The lowest BCUT2D eigenvalue weighted by atomic mass is 10.1. The summed E-state index contributed by atoms with van der Waals surface area (Å²) in [4.78, 5) is 37.9. The SMILES string of the molecule is CC1OC(n2cc(F)c(NC(=O)OCc3ccc(NC=O)cc3)nc2=O)C(O)C1O. The molecule has 30 heavy (non-hydrogen) atoms. The van der Waals surface area contributed by atoms with Crippen LogP contribution in [0.2, 0.25) is 0 Å². The molecule has 0 aliphatic carbocycles. The number of aliphatic hydroxyl groups excluding tert-OH is 2. The maximum absolute atomic E-state index is 14.3. The number of halogens is 1. The molecular weight excluding hydrogens is 403 g/mol. The second-order valence-electron chi connectivity index (χ2n) is 6.50. The summed E-state index contributed by atoms with van der Waals surface area (Å²) >= 11 is 0. The van der Waals surface area contributed by atoms with E-state index in [0.717, 1.165) is 0 Å². The van der Waals surface area contributed by atoms with Crippen LogP contribution in [0.5, 0.6) is 0 Å². The summed E-state index contributed by atoms with van der Waals surface area (Å²) < 4.78 is 25.2. The molecule has 2 amide bonds. The third-order valence-corrected chi connectivity index (χ3v) is 4.43. The molecule has 2 heterocycles. The van der Waals surface area contributed by atoms with E-state index in [1.807, 2.05) is 5.32 Å². The van der Waals surface area contributed by atoms with Gasteiger partial charge in [0, 0.05) is 5.69 Å². The van der Waals surface area contributed by atoms with E-state index in [2.05, 4.69) is 10.3 Å². The van der Waals surface area contributed by atoms with Gasteiger partial charge < -0.3 is 25.0 Å². The average Bonchev–Trinajstić information content (AvgIpc) is 2.97. The summed E-state index contributed by atoms with van der Waals surface area (Å²) in [5.74, 6) is -1.73. The zero-order valence-corrected chi connectivity index (χ0v) is 15.7. The lowest BCUT2D eigenvalue weighted by Gasteiger charge is -2.17. The van der Waals surface area contributed by atoms with Gasteiger partial charge in [0.05, 0.1) is 12.3 Å². The first-order chi connectivity index (χ1) is 14.3. The van der Waals surface area contributed by atoms with E-state index < -0.39 is 48.0 Å². The molecule has 1 aliphatic heterocycles. The van der Waals surface area contributed by atoms with Gasteiger partial charge in [0.15, 0.2) is 17.9 Å². The molecule has 160 valence electrons. The van der Waals surface area contributed by atoms with Gasteiger partial charge in [0.2, 0.25) is 6.41 Å². The molecule has 0 radical (unpaired) electrons. The van der Waals surface area contributed by atoms with Gasteiger partial charge in [-0.05, 0) is 24.6 Å². The van der Waals surface area contributed by atoms with Crippen molar-refractivity contribution in [3.8, 4) is 0 Å². The van der Waals surface area contributed by atoms with Crippen molar-refractivity contribution >= 4 is 24.0 Å². The summed E-state index contributed by atoms with van der Waals surface area (Å²) in [6, 6.07) is 6.43. The van der Waals surface area contributed by atoms with Gasteiger partial charge in [-0.1, -0.05) is 12.1 Å². The van der Waals surface area contributed by atoms with E-state index >= 15 is 0 Å². The van der Waals surface area contributed by atoms with Gasteiger partial charge in [-0.15, -0.1) is 0 Å². The molecule has 3 rings (SSSR count). The number of carbonyl (C=O) groups excluding carboxylic acids is 2. The zero-order valence-electron chi connectivity index (χ0n) is 15.7. The van der Waals surface area contributed by atoms with Crippen molar-refractivity contribution in [1.82, 2.24) is 9.55 Å². The van der Waals surface area contributed by atoms with Crippen LogP contribution in [-0.4, -0.2) is 50.6 Å². The van der Waals surface area contributed by atoms with Crippen LogP contribution < -0.4 is 16.3 Å². The van der Waals surface area contributed by atoms with E-state index in [1.165, 1.54) is 6.92 Å². The standard InChI is InChI=1S/C18H19FN4O7/c1-9-13(25)14(26)16(30-9)23-6-12(19)15(21-17(23)27)22-18(28)29-7-10-2-4-11(5-3-10)20-8-24/h2-6,8-9,13-14,16,25-26H,7H2,1H3,(H,20,24)(H,21,22,27,28). The number of nitrogens with zero attached hydrogens (tertiary/aromatic N) is 2. The van der Waals surface area contributed by atoms with Crippen molar-refractivity contribution < 1.29 is 33.7 Å². The van der Waals surface area contributed by atoms with Crippen LogP contribution in [0.3, 0.4) is 0 Å². The molecular formula is C18H19FN4O7. The summed E-state index contributed by atoms with van der Waals surface area (Å²) in [6.07, 6.45) is -4.59. The van der Waals surface area contributed by atoms with Crippen LogP contribution in [0.25, 0.3) is 0 Å². The van der Waals surface area contributed by atoms with Gasteiger partial charge >= 0.3 is 11.8 Å². The van der Waals surface area contributed by atoms with Crippen molar-refractivity contribution in [3.63, 3.8) is 0 Å². The minimum atomic E-state index is -1.45. The molecule has 1 aromatic carbocycles. The van der Waals surface area contributed by atoms with Crippen LogP contribution in [0.1, 0.15) is 18.7 Å². The van der Waals surface area contributed by atoms with Crippen molar-refractivity contribution in [2.45, 2.75) is 38.1 Å². The zero-order chi connectivity index (χ0) is 21.8. The fourth-order valence-corrected chi connectivity index (χ4v) is 2.82. The number of hydrogen-bond donors (Lipinski definition) is 4. The Hall–Kier alpha value is -3.35. The van der Waals surface area contributed by atoms with Gasteiger partial charge in [-0.2, -0.15) is 4.98 Å². The Morgan fingerprint density at radius 3 is 2.63 bits per heavy atom. The number of anilines is 2.